The van der Waals surface area contributed by atoms with Crippen LogP contribution in [-0.2, 0) is 0 Å². The molecule has 0 aromatic heterocycles. The Morgan fingerprint density at radius 3 is 2.72 bits per heavy atom. The number of piperidine rings is 1. The number of nitrogens with zero attached hydrogens (tertiary/aromatic N) is 1. The number of hydrogen-bond donors (Lipinski definition) is 1. The lowest BCUT2D eigenvalue weighted by Crippen LogP contribution is -2.50. The highest BCUT2D eigenvalue weighted by Crippen LogP contribution is 2.39. The SMILES string of the molecule is CC1(C)CC(CCN)CCN1c1ccccc1Cl. The first-order valence-corrected chi connectivity index (χ1v) is 7.14. The zero-order valence-electron chi connectivity index (χ0n) is 11.3. The summed E-state index contributed by atoms with van der Waals surface area (Å²) in [6.45, 7) is 6.48. The summed E-state index contributed by atoms with van der Waals surface area (Å²) in [4.78, 5) is 2.45. The number of para-hydroxylation sites is 1. The van der Waals surface area contributed by atoms with Crippen LogP contribution in [0, 0.1) is 5.92 Å². The number of benzene rings is 1. The lowest BCUT2D eigenvalue weighted by molar-refractivity contribution is 0.264. The summed E-state index contributed by atoms with van der Waals surface area (Å²) in [7, 11) is 0. The molecule has 1 unspecified atom stereocenters. The molecule has 1 saturated heterocycles. The van der Waals surface area contributed by atoms with Crippen LogP contribution >= 0.6 is 11.6 Å². The first-order valence-electron chi connectivity index (χ1n) is 6.77. The van der Waals surface area contributed by atoms with Crippen molar-refractivity contribution in [1.82, 2.24) is 0 Å². The molecule has 18 heavy (non-hydrogen) atoms. The van der Waals surface area contributed by atoms with Gasteiger partial charge in [-0.15, -0.1) is 0 Å². The smallest absolute Gasteiger partial charge is 0.0639 e. The molecular formula is C15H23ClN2. The van der Waals surface area contributed by atoms with Gasteiger partial charge in [-0.05, 0) is 57.7 Å². The third-order valence-electron chi connectivity index (χ3n) is 4.00. The first-order chi connectivity index (χ1) is 8.54. The fourth-order valence-electron chi connectivity index (χ4n) is 3.13. The largest absolute Gasteiger partial charge is 0.365 e. The van der Waals surface area contributed by atoms with Gasteiger partial charge in [0.2, 0.25) is 0 Å². The highest BCUT2D eigenvalue weighted by Gasteiger charge is 2.35. The van der Waals surface area contributed by atoms with E-state index in [-0.39, 0.29) is 5.54 Å². The number of anilines is 1. The van der Waals surface area contributed by atoms with Crippen LogP contribution in [0.2, 0.25) is 5.02 Å². The molecule has 0 amide bonds. The fourth-order valence-corrected chi connectivity index (χ4v) is 3.37. The molecule has 1 aromatic rings. The second kappa shape index (κ2) is 5.50. The van der Waals surface area contributed by atoms with E-state index in [1.807, 2.05) is 12.1 Å². The van der Waals surface area contributed by atoms with Crippen molar-refractivity contribution >= 4 is 17.3 Å². The summed E-state index contributed by atoms with van der Waals surface area (Å²) < 4.78 is 0. The van der Waals surface area contributed by atoms with E-state index in [2.05, 4.69) is 30.9 Å². The molecule has 1 heterocycles. The van der Waals surface area contributed by atoms with E-state index in [0.717, 1.165) is 36.1 Å². The van der Waals surface area contributed by atoms with E-state index in [1.54, 1.807) is 0 Å². The summed E-state index contributed by atoms with van der Waals surface area (Å²) in [6.07, 6.45) is 3.54. The van der Waals surface area contributed by atoms with Crippen LogP contribution in [0.4, 0.5) is 5.69 Å². The van der Waals surface area contributed by atoms with Gasteiger partial charge < -0.3 is 10.6 Å². The number of rotatable bonds is 3. The van der Waals surface area contributed by atoms with Crippen LogP contribution in [-0.4, -0.2) is 18.6 Å². The molecule has 0 spiro atoms. The van der Waals surface area contributed by atoms with Gasteiger partial charge in [0.25, 0.3) is 0 Å². The van der Waals surface area contributed by atoms with Crippen molar-refractivity contribution < 1.29 is 0 Å². The predicted octanol–water partition coefficient (Wildman–Crippen LogP) is 3.68. The summed E-state index contributed by atoms with van der Waals surface area (Å²) in [6, 6.07) is 8.13. The summed E-state index contributed by atoms with van der Waals surface area (Å²) >= 11 is 6.32. The fraction of sp³-hybridized carbons (Fsp3) is 0.600. The van der Waals surface area contributed by atoms with Gasteiger partial charge in [-0.25, -0.2) is 0 Å². The quantitative estimate of drug-likeness (QED) is 0.904. The second-order valence-corrected chi connectivity index (χ2v) is 6.26. The highest BCUT2D eigenvalue weighted by molar-refractivity contribution is 6.33. The molecule has 1 aliphatic rings. The molecular weight excluding hydrogens is 244 g/mol. The van der Waals surface area contributed by atoms with Crippen LogP contribution in [0.15, 0.2) is 24.3 Å². The van der Waals surface area contributed by atoms with E-state index in [1.165, 1.54) is 12.8 Å². The molecule has 0 aliphatic carbocycles. The molecule has 2 N–H and O–H groups in total. The van der Waals surface area contributed by atoms with Gasteiger partial charge in [-0.3, -0.25) is 0 Å². The normalized spacial score (nSPS) is 23.1. The number of hydrogen-bond acceptors (Lipinski definition) is 2. The molecule has 2 nitrogen and oxygen atoms in total. The van der Waals surface area contributed by atoms with Crippen molar-refractivity contribution in [1.29, 1.82) is 0 Å². The lowest BCUT2D eigenvalue weighted by atomic mass is 9.80. The maximum absolute atomic E-state index is 6.32. The molecule has 100 valence electrons. The van der Waals surface area contributed by atoms with Gasteiger partial charge >= 0.3 is 0 Å². The van der Waals surface area contributed by atoms with Gasteiger partial charge in [0.1, 0.15) is 0 Å². The zero-order valence-corrected chi connectivity index (χ0v) is 12.1. The van der Waals surface area contributed by atoms with Gasteiger partial charge in [0.05, 0.1) is 10.7 Å². The van der Waals surface area contributed by atoms with E-state index in [9.17, 15) is 0 Å². The molecule has 1 aromatic carbocycles. The van der Waals surface area contributed by atoms with Crippen molar-refractivity contribution in [2.24, 2.45) is 11.7 Å². The predicted molar refractivity (Wildman–Crippen MR) is 79.3 cm³/mol. The molecule has 3 heteroatoms. The van der Waals surface area contributed by atoms with Gasteiger partial charge in [0.15, 0.2) is 0 Å². The Morgan fingerprint density at radius 2 is 2.11 bits per heavy atom. The Kier molecular flexibility index (Phi) is 4.18. The molecule has 0 saturated carbocycles. The summed E-state index contributed by atoms with van der Waals surface area (Å²) in [5, 5.41) is 0.850. The Morgan fingerprint density at radius 1 is 1.39 bits per heavy atom. The van der Waals surface area contributed by atoms with Gasteiger partial charge in [0, 0.05) is 12.1 Å². The van der Waals surface area contributed by atoms with Crippen molar-refractivity contribution in [3.63, 3.8) is 0 Å². The lowest BCUT2D eigenvalue weighted by Gasteiger charge is -2.47. The Labute approximate surface area is 115 Å². The van der Waals surface area contributed by atoms with Crippen molar-refractivity contribution in [3.05, 3.63) is 29.3 Å². The van der Waals surface area contributed by atoms with E-state index < -0.39 is 0 Å². The minimum atomic E-state index is 0.156. The van der Waals surface area contributed by atoms with Crippen molar-refractivity contribution in [2.45, 2.75) is 38.6 Å². The topological polar surface area (TPSA) is 29.3 Å². The van der Waals surface area contributed by atoms with Crippen molar-refractivity contribution in [3.8, 4) is 0 Å². The average molecular weight is 267 g/mol. The zero-order chi connectivity index (χ0) is 13.2. The highest BCUT2D eigenvalue weighted by atomic mass is 35.5. The first kappa shape index (κ1) is 13.7. The average Bonchev–Trinajstić information content (AvgIpc) is 2.30. The van der Waals surface area contributed by atoms with E-state index in [4.69, 9.17) is 17.3 Å². The number of nitrogens with two attached hydrogens (primary N) is 1. The molecule has 1 aliphatic heterocycles. The van der Waals surface area contributed by atoms with Crippen LogP contribution < -0.4 is 10.6 Å². The van der Waals surface area contributed by atoms with Crippen LogP contribution in [0.1, 0.15) is 33.1 Å². The maximum atomic E-state index is 6.32. The monoisotopic (exact) mass is 266 g/mol. The molecule has 1 atom stereocenters. The third-order valence-corrected chi connectivity index (χ3v) is 4.32. The summed E-state index contributed by atoms with van der Waals surface area (Å²) in [5.41, 5.74) is 7.00. The third kappa shape index (κ3) is 2.81. The van der Waals surface area contributed by atoms with Gasteiger partial charge in [-0.1, -0.05) is 23.7 Å². The second-order valence-electron chi connectivity index (χ2n) is 5.85. The molecule has 2 rings (SSSR count). The molecule has 0 bridgehead atoms. The van der Waals surface area contributed by atoms with Crippen molar-refractivity contribution in [2.75, 3.05) is 18.0 Å². The van der Waals surface area contributed by atoms with Gasteiger partial charge in [-0.2, -0.15) is 0 Å². The van der Waals surface area contributed by atoms with Crippen LogP contribution in [0.25, 0.3) is 0 Å². The maximum Gasteiger partial charge on any atom is 0.0639 e. The Bertz CT molecular complexity index is 403. The van der Waals surface area contributed by atoms with E-state index >= 15 is 0 Å². The minimum absolute atomic E-state index is 0.156. The van der Waals surface area contributed by atoms with Crippen LogP contribution in [0.5, 0.6) is 0 Å². The Balaban J connectivity index is 2.18. The van der Waals surface area contributed by atoms with E-state index in [0.29, 0.717) is 0 Å². The molecule has 1 fully saturated rings. The number of halogens is 1. The Hall–Kier alpha value is -0.730. The minimum Gasteiger partial charge on any atom is -0.365 e. The standard InChI is InChI=1S/C15H23ClN2/c1-15(2)11-12(7-9-17)8-10-18(15)14-6-4-3-5-13(14)16/h3-6,12H,7-11,17H2,1-2H3. The molecule has 0 radical (unpaired) electrons. The summed E-state index contributed by atoms with van der Waals surface area (Å²) in [5.74, 6) is 0.753. The van der Waals surface area contributed by atoms with Crippen LogP contribution in [0.3, 0.4) is 0 Å².